The van der Waals surface area contributed by atoms with Crippen LogP contribution in [0.25, 0.3) is 0 Å². The third-order valence-corrected chi connectivity index (χ3v) is 5.13. The predicted molar refractivity (Wildman–Crippen MR) is 103 cm³/mol. The van der Waals surface area contributed by atoms with Crippen molar-refractivity contribution in [3.8, 4) is 5.75 Å². The number of rotatable bonds is 8. The molecule has 2 aromatic carbocycles. The number of nitrogens with zero attached hydrogens (tertiary/aromatic N) is 1. The van der Waals surface area contributed by atoms with Gasteiger partial charge in [0.25, 0.3) is 0 Å². The topological polar surface area (TPSA) is 75.7 Å². The van der Waals surface area contributed by atoms with Crippen molar-refractivity contribution in [2.24, 2.45) is 0 Å². The summed E-state index contributed by atoms with van der Waals surface area (Å²) in [5.41, 5.74) is 1.40. The van der Waals surface area contributed by atoms with Gasteiger partial charge in [0.05, 0.1) is 25.1 Å². The van der Waals surface area contributed by atoms with Crippen molar-refractivity contribution in [3.63, 3.8) is 0 Å². The molecule has 0 bridgehead atoms. The number of anilines is 1. The Morgan fingerprint density at radius 3 is 2.23 bits per heavy atom. The Morgan fingerprint density at radius 1 is 1.12 bits per heavy atom. The Kier molecular flexibility index (Phi) is 6.63. The molecular formula is C19H24N2O4S. The summed E-state index contributed by atoms with van der Waals surface area (Å²) >= 11 is 0. The summed E-state index contributed by atoms with van der Waals surface area (Å²) in [6, 6.07) is 15.8. The number of hydrogen-bond donors (Lipinski definition) is 1. The summed E-state index contributed by atoms with van der Waals surface area (Å²) in [5, 5.41) is 2.91. The first-order chi connectivity index (χ1) is 12.3. The molecular weight excluding hydrogens is 352 g/mol. The second-order valence-corrected chi connectivity index (χ2v) is 7.81. The molecule has 0 aliphatic heterocycles. The van der Waals surface area contributed by atoms with Gasteiger partial charge in [-0.05, 0) is 36.2 Å². The lowest BCUT2D eigenvalue weighted by molar-refractivity contribution is -0.120. The average Bonchev–Trinajstić information content (AvgIpc) is 2.64. The minimum Gasteiger partial charge on any atom is -0.497 e. The summed E-state index contributed by atoms with van der Waals surface area (Å²) < 4.78 is 30.4. The molecule has 0 spiro atoms. The van der Waals surface area contributed by atoms with Crippen LogP contribution in [0.2, 0.25) is 0 Å². The number of carbonyl (C=O) groups is 1. The Bertz CT molecular complexity index is 820. The highest BCUT2D eigenvalue weighted by Crippen LogP contribution is 2.21. The van der Waals surface area contributed by atoms with Crippen molar-refractivity contribution in [2.45, 2.75) is 19.4 Å². The lowest BCUT2D eigenvalue weighted by Crippen LogP contribution is -2.41. The lowest BCUT2D eigenvalue weighted by atomic mass is 10.0. The van der Waals surface area contributed by atoms with Crippen molar-refractivity contribution in [2.75, 3.05) is 24.2 Å². The number of carbonyl (C=O) groups excluding carboxylic acids is 1. The molecule has 0 saturated heterocycles. The van der Waals surface area contributed by atoms with Gasteiger partial charge < -0.3 is 10.1 Å². The maximum absolute atomic E-state index is 12.5. The van der Waals surface area contributed by atoms with Gasteiger partial charge in [0, 0.05) is 0 Å². The normalized spacial score (nSPS) is 12.3. The van der Waals surface area contributed by atoms with Crippen LogP contribution >= 0.6 is 0 Å². The fraction of sp³-hybridized carbons (Fsp3) is 0.316. The minimum absolute atomic E-state index is 0.203. The standard InChI is InChI=1S/C19H24N2O4S/c1-4-18(15-10-12-17(25-2)13-11-15)20-19(22)14-21(26(3,23)24)16-8-6-5-7-9-16/h5-13,18H,4,14H2,1-3H3,(H,20,22)/t18-/m1/s1. The van der Waals surface area contributed by atoms with Gasteiger partial charge in [-0.1, -0.05) is 37.3 Å². The number of hydrogen-bond acceptors (Lipinski definition) is 4. The van der Waals surface area contributed by atoms with E-state index in [9.17, 15) is 13.2 Å². The van der Waals surface area contributed by atoms with Gasteiger partial charge in [0.1, 0.15) is 12.3 Å². The second kappa shape index (κ2) is 8.71. The number of nitrogens with one attached hydrogen (secondary N) is 1. The van der Waals surface area contributed by atoms with Gasteiger partial charge in [-0.2, -0.15) is 0 Å². The molecule has 2 rings (SSSR count). The smallest absolute Gasteiger partial charge is 0.241 e. The summed E-state index contributed by atoms with van der Waals surface area (Å²) in [6.45, 7) is 1.69. The summed E-state index contributed by atoms with van der Waals surface area (Å²) in [7, 11) is -1.98. The second-order valence-electron chi connectivity index (χ2n) is 5.91. The number of para-hydroxylation sites is 1. The van der Waals surface area contributed by atoms with E-state index in [0.29, 0.717) is 12.1 Å². The number of sulfonamides is 1. The van der Waals surface area contributed by atoms with Gasteiger partial charge >= 0.3 is 0 Å². The van der Waals surface area contributed by atoms with Crippen LogP contribution in [0, 0.1) is 0 Å². The van der Waals surface area contributed by atoms with Crippen LogP contribution in [0.1, 0.15) is 24.9 Å². The molecule has 0 radical (unpaired) electrons. The summed E-state index contributed by atoms with van der Waals surface area (Å²) in [6.07, 6.45) is 1.77. The van der Waals surface area contributed by atoms with Crippen molar-refractivity contribution >= 4 is 21.6 Å². The Hall–Kier alpha value is -2.54. The summed E-state index contributed by atoms with van der Waals surface area (Å²) in [4.78, 5) is 12.5. The Labute approximate surface area is 154 Å². The Morgan fingerprint density at radius 2 is 1.73 bits per heavy atom. The van der Waals surface area contributed by atoms with Crippen LogP contribution in [-0.4, -0.2) is 34.2 Å². The number of amides is 1. The minimum atomic E-state index is -3.57. The molecule has 7 heteroatoms. The first-order valence-corrected chi connectivity index (χ1v) is 10.2. The zero-order valence-electron chi connectivity index (χ0n) is 15.2. The monoisotopic (exact) mass is 376 g/mol. The van der Waals surface area contributed by atoms with Gasteiger partial charge in [0.2, 0.25) is 15.9 Å². The van der Waals surface area contributed by atoms with Crippen LogP contribution in [0.15, 0.2) is 54.6 Å². The molecule has 0 unspecified atom stereocenters. The first kappa shape index (κ1) is 19.8. The fourth-order valence-corrected chi connectivity index (χ4v) is 3.48. The van der Waals surface area contributed by atoms with E-state index >= 15 is 0 Å². The zero-order chi connectivity index (χ0) is 19.2. The molecule has 0 saturated carbocycles. The molecule has 0 heterocycles. The molecule has 0 aliphatic rings. The quantitative estimate of drug-likeness (QED) is 0.769. The van der Waals surface area contributed by atoms with Gasteiger partial charge in [-0.15, -0.1) is 0 Å². The molecule has 6 nitrogen and oxygen atoms in total. The van der Waals surface area contributed by atoms with E-state index in [1.54, 1.807) is 37.4 Å². The highest BCUT2D eigenvalue weighted by Gasteiger charge is 2.22. The Balaban J connectivity index is 2.13. The molecule has 140 valence electrons. The molecule has 0 fully saturated rings. The SMILES string of the molecule is CC[C@@H](NC(=O)CN(c1ccccc1)S(C)(=O)=O)c1ccc(OC)cc1. The lowest BCUT2D eigenvalue weighted by Gasteiger charge is -2.24. The van der Waals surface area contributed by atoms with Gasteiger partial charge in [-0.3, -0.25) is 9.10 Å². The average molecular weight is 376 g/mol. The third kappa shape index (κ3) is 5.23. The van der Waals surface area contributed by atoms with Crippen LogP contribution < -0.4 is 14.4 Å². The zero-order valence-corrected chi connectivity index (χ0v) is 16.0. The van der Waals surface area contributed by atoms with Crippen molar-refractivity contribution in [1.82, 2.24) is 5.32 Å². The van der Waals surface area contributed by atoms with E-state index in [-0.39, 0.29) is 18.5 Å². The largest absolute Gasteiger partial charge is 0.497 e. The molecule has 1 N–H and O–H groups in total. The molecule has 0 aliphatic carbocycles. The van der Waals surface area contributed by atoms with Crippen LogP contribution in [0.3, 0.4) is 0 Å². The molecule has 1 atom stereocenters. The number of methoxy groups -OCH3 is 1. The van der Waals surface area contributed by atoms with E-state index in [1.165, 1.54) is 0 Å². The third-order valence-electron chi connectivity index (χ3n) is 3.99. The molecule has 26 heavy (non-hydrogen) atoms. The van der Waals surface area contributed by atoms with E-state index in [2.05, 4.69) is 5.32 Å². The van der Waals surface area contributed by atoms with E-state index < -0.39 is 10.0 Å². The number of benzene rings is 2. The molecule has 0 aromatic heterocycles. The highest BCUT2D eigenvalue weighted by atomic mass is 32.2. The summed E-state index contributed by atoms with van der Waals surface area (Å²) in [5.74, 6) is 0.379. The van der Waals surface area contributed by atoms with Crippen LogP contribution in [-0.2, 0) is 14.8 Å². The van der Waals surface area contributed by atoms with Crippen molar-refractivity contribution < 1.29 is 17.9 Å². The van der Waals surface area contributed by atoms with Crippen LogP contribution in [0.5, 0.6) is 5.75 Å². The maximum Gasteiger partial charge on any atom is 0.241 e. The van der Waals surface area contributed by atoms with E-state index in [0.717, 1.165) is 21.9 Å². The van der Waals surface area contributed by atoms with E-state index in [1.807, 2.05) is 31.2 Å². The molecule has 2 aromatic rings. The van der Waals surface area contributed by atoms with Gasteiger partial charge in [0.15, 0.2) is 0 Å². The van der Waals surface area contributed by atoms with Crippen LogP contribution in [0.4, 0.5) is 5.69 Å². The first-order valence-electron chi connectivity index (χ1n) is 8.31. The predicted octanol–water partition coefficient (Wildman–Crippen LogP) is 2.73. The van der Waals surface area contributed by atoms with Gasteiger partial charge in [-0.25, -0.2) is 8.42 Å². The molecule has 1 amide bonds. The maximum atomic E-state index is 12.5. The van der Waals surface area contributed by atoms with Crippen molar-refractivity contribution in [3.05, 3.63) is 60.2 Å². The van der Waals surface area contributed by atoms with Crippen molar-refractivity contribution in [1.29, 1.82) is 0 Å². The van der Waals surface area contributed by atoms with E-state index in [4.69, 9.17) is 4.74 Å². The highest BCUT2D eigenvalue weighted by molar-refractivity contribution is 7.92. The fourth-order valence-electron chi connectivity index (χ4n) is 2.62. The number of ether oxygens (including phenoxy) is 1.